The number of urea groups is 1. The van der Waals surface area contributed by atoms with Gasteiger partial charge in [-0.05, 0) is 18.2 Å². The molecule has 13 nitrogen and oxygen atoms in total. The number of benzene rings is 1. The summed E-state index contributed by atoms with van der Waals surface area (Å²) in [5, 5.41) is 9.73. The van der Waals surface area contributed by atoms with Gasteiger partial charge in [0.2, 0.25) is 0 Å². The third-order valence-electron chi connectivity index (χ3n) is 7.00. The first-order chi connectivity index (χ1) is 21.1. The molecule has 4 N–H and O–H groups in total. The Morgan fingerprint density at radius 1 is 1.14 bits per heavy atom. The molecule has 1 aliphatic heterocycles. The first kappa shape index (κ1) is 31.0. The number of hydrogen-bond donors (Lipinski definition) is 3. The standard InChI is InChI=1S/C27H30ClF3N10O3/c1-44-13-12-40-16-19(22(37-40)27(29,30)31)21-15-35-24-23(33-6-7-41(21)24)36-17-2-3-18(20(28)14-17)25(42)38-8-10-39(11-9-38)26(43)34-5-4-32/h2-3,6-7,14-16H,4-5,8-13,32H2,1H3,(H,33,36)(H,34,43). The summed E-state index contributed by atoms with van der Waals surface area (Å²) in [5.74, 6) is -0.00790. The number of nitrogens with two attached hydrogens (primary N) is 1. The zero-order valence-electron chi connectivity index (χ0n) is 23.6. The lowest BCUT2D eigenvalue weighted by Gasteiger charge is -2.34. The van der Waals surface area contributed by atoms with Gasteiger partial charge in [-0.15, -0.1) is 0 Å². The number of carbonyl (C=O) groups excluding carboxylic acids is 2. The van der Waals surface area contributed by atoms with Crippen LogP contribution < -0.4 is 16.4 Å². The number of nitrogens with zero attached hydrogens (tertiary/aromatic N) is 7. The molecule has 0 spiro atoms. The van der Waals surface area contributed by atoms with E-state index in [1.54, 1.807) is 28.0 Å². The Balaban J connectivity index is 1.33. The van der Waals surface area contributed by atoms with Gasteiger partial charge < -0.3 is 30.9 Å². The second-order valence-electron chi connectivity index (χ2n) is 9.88. The van der Waals surface area contributed by atoms with Gasteiger partial charge >= 0.3 is 12.2 Å². The van der Waals surface area contributed by atoms with E-state index in [0.717, 1.165) is 0 Å². The summed E-state index contributed by atoms with van der Waals surface area (Å²) in [6, 6.07) is 4.56. The topological polar surface area (TPSA) is 148 Å². The summed E-state index contributed by atoms with van der Waals surface area (Å²) >= 11 is 6.51. The lowest BCUT2D eigenvalue weighted by molar-refractivity contribution is -0.141. The van der Waals surface area contributed by atoms with Crippen LogP contribution in [0.25, 0.3) is 16.9 Å². The third kappa shape index (κ3) is 6.56. The molecule has 17 heteroatoms. The van der Waals surface area contributed by atoms with Crippen molar-refractivity contribution in [1.29, 1.82) is 0 Å². The molecule has 1 aromatic carbocycles. The molecular weight excluding hydrogens is 605 g/mol. The molecule has 1 aliphatic rings. The van der Waals surface area contributed by atoms with Crippen LogP contribution in [0.4, 0.5) is 29.5 Å². The lowest BCUT2D eigenvalue weighted by Crippen LogP contribution is -2.53. The molecule has 0 saturated carbocycles. The summed E-state index contributed by atoms with van der Waals surface area (Å²) in [4.78, 5) is 37.2. The molecule has 234 valence electrons. The number of ether oxygens (including phenoxy) is 1. The first-order valence-corrected chi connectivity index (χ1v) is 14.0. The quantitative estimate of drug-likeness (QED) is 0.255. The highest BCUT2D eigenvalue weighted by molar-refractivity contribution is 6.34. The molecule has 0 atom stereocenters. The van der Waals surface area contributed by atoms with E-state index in [4.69, 9.17) is 22.1 Å². The minimum Gasteiger partial charge on any atom is -0.383 e. The Bertz CT molecular complexity index is 1650. The molecule has 44 heavy (non-hydrogen) atoms. The predicted octanol–water partition coefficient (Wildman–Crippen LogP) is 3.08. The van der Waals surface area contributed by atoms with Crippen LogP contribution in [0.2, 0.25) is 5.02 Å². The molecule has 0 bridgehead atoms. The van der Waals surface area contributed by atoms with Crippen molar-refractivity contribution < 1.29 is 27.5 Å². The molecule has 4 aromatic rings. The fraction of sp³-hybridized carbons (Fsp3) is 0.370. The Labute approximate surface area is 254 Å². The Kier molecular flexibility index (Phi) is 9.22. The largest absolute Gasteiger partial charge is 0.435 e. The zero-order chi connectivity index (χ0) is 31.4. The smallest absolute Gasteiger partial charge is 0.383 e. The summed E-state index contributed by atoms with van der Waals surface area (Å²) in [6.07, 6.45) is 0.884. The lowest BCUT2D eigenvalue weighted by atomic mass is 10.1. The second kappa shape index (κ2) is 13.1. The number of alkyl halides is 3. The Morgan fingerprint density at radius 3 is 2.57 bits per heavy atom. The number of piperazine rings is 1. The second-order valence-corrected chi connectivity index (χ2v) is 10.3. The van der Waals surface area contributed by atoms with Crippen LogP contribution in [0.1, 0.15) is 16.1 Å². The van der Waals surface area contributed by atoms with Gasteiger partial charge in [0.25, 0.3) is 5.91 Å². The average molecular weight is 635 g/mol. The van der Waals surface area contributed by atoms with Crippen LogP contribution in [-0.2, 0) is 17.5 Å². The Hall–Kier alpha value is -4.41. The zero-order valence-corrected chi connectivity index (χ0v) is 24.4. The molecule has 1 saturated heterocycles. The number of aromatic nitrogens is 5. The van der Waals surface area contributed by atoms with Crippen LogP contribution in [0.3, 0.4) is 0 Å². The fourth-order valence-corrected chi connectivity index (χ4v) is 5.06. The number of carbonyl (C=O) groups is 2. The normalized spacial score (nSPS) is 13.9. The molecule has 0 aliphatic carbocycles. The number of fused-ring (bicyclic) bond motifs is 1. The van der Waals surface area contributed by atoms with Gasteiger partial charge in [-0.1, -0.05) is 11.6 Å². The van der Waals surface area contributed by atoms with E-state index >= 15 is 0 Å². The summed E-state index contributed by atoms with van der Waals surface area (Å²) in [6.45, 7) is 2.50. The van der Waals surface area contributed by atoms with E-state index in [-0.39, 0.29) is 58.4 Å². The molecule has 0 radical (unpaired) electrons. The molecule has 3 aromatic heterocycles. The highest BCUT2D eigenvalue weighted by Crippen LogP contribution is 2.37. The number of methoxy groups -OCH3 is 1. The minimum absolute atomic E-state index is 0.138. The van der Waals surface area contributed by atoms with Crippen LogP contribution in [0, 0.1) is 0 Å². The van der Waals surface area contributed by atoms with Crippen LogP contribution in [0.5, 0.6) is 0 Å². The Morgan fingerprint density at radius 2 is 1.89 bits per heavy atom. The van der Waals surface area contributed by atoms with Gasteiger partial charge in [0.05, 0.1) is 41.2 Å². The SMILES string of the molecule is COCCn1cc(-c2cnc3c(Nc4ccc(C(=O)N5CCN(C(=O)NCCN)CC5)c(Cl)c4)nccn23)c(C(F)(F)F)n1. The van der Waals surface area contributed by atoms with Gasteiger partial charge in [-0.25, -0.2) is 14.8 Å². The summed E-state index contributed by atoms with van der Waals surface area (Å²) < 4.78 is 49.2. The average Bonchev–Trinajstić information content (AvgIpc) is 3.64. The van der Waals surface area contributed by atoms with Crippen LogP contribution in [-0.4, -0.2) is 98.9 Å². The van der Waals surface area contributed by atoms with Crippen molar-refractivity contribution in [3.63, 3.8) is 0 Å². The fourth-order valence-electron chi connectivity index (χ4n) is 4.80. The van der Waals surface area contributed by atoms with Gasteiger partial charge in [0.15, 0.2) is 17.2 Å². The van der Waals surface area contributed by atoms with Crippen molar-refractivity contribution in [2.75, 3.05) is 58.3 Å². The number of hydrogen-bond acceptors (Lipinski definition) is 8. The van der Waals surface area contributed by atoms with Crippen LogP contribution >= 0.6 is 11.6 Å². The van der Waals surface area contributed by atoms with Gasteiger partial charge in [0, 0.05) is 70.7 Å². The number of anilines is 2. The number of nitrogens with one attached hydrogen (secondary N) is 2. The molecule has 4 heterocycles. The monoisotopic (exact) mass is 634 g/mol. The highest BCUT2D eigenvalue weighted by atomic mass is 35.5. The maximum absolute atomic E-state index is 13.9. The first-order valence-electron chi connectivity index (χ1n) is 13.7. The van der Waals surface area contributed by atoms with Gasteiger partial charge in [0.1, 0.15) is 0 Å². The van der Waals surface area contributed by atoms with Crippen molar-refractivity contribution in [3.05, 3.63) is 59.3 Å². The molecule has 0 unspecified atom stereocenters. The maximum atomic E-state index is 13.9. The molecule has 5 rings (SSSR count). The van der Waals surface area contributed by atoms with Crippen molar-refractivity contribution in [2.24, 2.45) is 5.73 Å². The molecule has 1 fully saturated rings. The number of halogens is 4. The number of imidazole rings is 1. The van der Waals surface area contributed by atoms with Crippen molar-refractivity contribution in [2.45, 2.75) is 12.7 Å². The number of amides is 3. The van der Waals surface area contributed by atoms with E-state index in [9.17, 15) is 22.8 Å². The summed E-state index contributed by atoms with van der Waals surface area (Å²) in [5.41, 5.74) is 5.48. The minimum atomic E-state index is -4.69. The van der Waals surface area contributed by atoms with Crippen molar-refractivity contribution in [1.82, 2.24) is 39.3 Å². The van der Waals surface area contributed by atoms with E-state index in [2.05, 4.69) is 25.7 Å². The summed E-state index contributed by atoms with van der Waals surface area (Å²) in [7, 11) is 1.45. The molecule has 3 amide bonds. The van der Waals surface area contributed by atoms with Crippen molar-refractivity contribution in [3.8, 4) is 11.3 Å². The molecular formula is C27H30ClF3N10O3. The van der Waals surface area contributed by atoms with Crippen LogP contribution in [0.15, 0.2) is 43.0 Å². The van der Waals surface area contributed by atoms with E-state index < -0.39 is 11.9 Å². The van der Waals surface area contributed by atoms with Crippen molar-refractivity contribution >= 4 is 40.7 Å². The van der Waals surface area contributed by atoms with Gasteiger partial charge in [-0.3, -0.25) is 13.9 Å². The maximum Gasteiger partial charge on any atom is 0.435 e. The highest BCUT2D eigenvalue weighted by Gasteiger charge is 2.38. The van der Waals surface area contributed by atoms with E-state index in [1.807, 2.05) is 0 Å². The third-order valence-corrected chi connectivity index (χ3v) is 7.31. The van der Waals surface area contributed by atoms with E-state index in [1.165, 1.54) is 41.0 Å². The van der Waals surface area contributed by atoms with E-state index in [0.29, 0.717) is 45.0 Å². The predicted molar refractivity (Wildman–Crippen MR) is 156 cm³/mol. The van der Waals surface area contributed by atoms with Gasteiger partial charge in [-0.2, -0.15) is 18.3 Å². The number of rotatable bonds is 9.